The van der Waals surface area contributed by atoms with Gasteiger partial charge in [0.1, 0.15) is 11.5 Å². The summed E-state index contributed by atoms with van der Waals surface area (Å²) in [6, 6.07) is 15.1. The van der Waals surface area contributed by atoms with E-state index in [1.165, 1.54) is 23.0 Å². The first-order valence-corrected chi connectivity index (χ1v) is 11.0. The van der Waals surface area contributed by atoms with Crippen LogP contribution in [-0.2, 0) is 4.79 Å². The Morgan fingerprint density at radius 3 is 2.71 bits per heavy atom. The summed E-state index contributed by atoms with van der Waals surface area (Å²) < 4.78 is 6.82. The molecular formula is C23H18ClN3O2S2. The number of anilines is 1. The lowest BCUT2D eigenvalue weighted by Gasteiger charge is -2.04. The molecule has 5 nitrogen and oxygen atoms in total. The number of nitrogens with zero attached hydrogens (tertiary/aromatic N) is 1. The van der Waals surface area contributed by atoms with E-state index >= 15 is 0 Å². The summed E-state index contributed by atoms with van der Waals surface area (Å²) in [7, 11) is 0. The number of carbonyl (C=O) groups excluding carboxylic acids is 1. The van der Waals surface area contributed by atoms with E-state index in [9.17, 15) is 4.79 Å². The van der Waals surface area contributed by atoms with Gasteiger partial charge in [-0.25, -0.2) is 4.98 Å². The average molecular weight is 468 g/mol. The maximum absolute atomic E-state index is 12.2. The molecule has 0 saturated carbocycles. The number of aromatic nitrogens is 1. The van der Waals surface area contributed by atoms with E-state index in [1.807, 2.05) is 32.0 Å². The number of thiazole rings is 1. The molecule has 2 N–H and O–H groups in total. The zero-order chi connectivity index (χ0) is 22.0. The van der Waals surface area contributed by atoms with Crippen molar-refractivity contribution in [1.29, 1.82) is 0 Å². The molecule has 1 amide bonds. The lowest BCUT2D eigenvalue weighted by molar-refractivity contribution is -0.115. The van der Waals surface area contributed by atoms with Crippen molar-refractivity contribution in [2.75, 3.05) is 5.32 Å². The molecule has 4 rings (SSSR count). The third-order valence-corrected chi connectivity index (χ3v) is 5.82. The first kappa shape index (κ1) is 21.2. The minimum Gasteiger partial charge on any atom is -0.457 e. The highest BCUT2D eigenvalue weighted by molar-refractivity contribution is 7.80. The Kier molecular flexibility index (Phi) is 6.18. The van der Waals surface area contributed by atoms with Crippen molar-refractivity contribution in [3.8, 4) is 11.3 Å². The molecule has 0 unspecified atom stereocenters. The standard InChI is InChI=1S/C23H18ClN3O2S2/c1-13-11-14(2)21-19(12-13)31-23(26-21)27-22(30)25-20(28)10-8-17-7-9-18(29-17)15-3-5-16(24)6-4-15/h3-12H,1-2H3,(H2,25,26,27,28,30)/b10-8+. The van der Waals surface area contributed by atoms with Gasteiger partial charge in [-0.05, 0) is 85.7 Å². The molecule has 2 aromatic heterocycles. The van der Waals surface area contributed by atoms with Gasteiger partial charge >= 0.3 is 0 Å². The Morgan fingerprint density at radius 2 is 1.94 bits per heavy atom. The van der Waals surface area contributed by atoms with Crippen LogP contribution in [-0.4, -0.2) is 16.0 Å². The summed E-state index contributed by atoms with van der Waals surface area (Å²) in [5.74, 6) is 0.876. The largest absolute Gasteiger partial charge is 0.457 e. The number of carbonyl (C=O) groups is 1. The molecule has 2 aromatic carbocycles. The van der Waals surface area contributed by atoms with Crippen LogP contribution < -0.4 is 10.6 Å². The minimum atomic E-state index is -0.366. The molecule has 0 bridgehead atoms. The van der Waals surface area contributed by atoms with Crippen LogP contribution in [0.5, 0.6) is 0 Å². The number of hydrogen-bond donors (Lipinski definition) is 2. The van der Waals surface area contributed by atoms with E-state index in [4.69, 9.17) is 28.2 Å². The third-order valence-electron chi connectivity index (χ3n) is 4.44. The summed E-state index contributed by atoms with van der Waals surface area (Å²) in [6.45, 7) is 4.07. The van der Waals surface area contributed by atoms with Gasteiger partial charge in [0, 0.05) is 16.7 Å². The van der Waals surface area contributed by atoms with Gasteiger partial charge in [-0.1, -0.05) is 29.0 Å². The van der Waals surface area contributed by atoms with Crippen molar-refractivity contribution in [2.45, 2.75) is 13.8 Å². The van der Waals surface area contributed by atoms with Crippen molar-refractivity contribution in [2.24, 2.45) is 0 Å². The van der Waals surface area contributed by atoms with Gasteiger partial charge < -0.3 is 9.73 Å². The Balaban J connectivity index is 1.36. The van der Waals surface area contributed by atoms with E-state index in [0.717, 1.165) is 21.3 Å². The summed E-state index contributed by atoms with van der Waals surface area (Å²) >= 11 is 12.6. The quantitative estimate of drug-likeness (QED) is 0.270. The number of fused-ring (bicyclic) bond motifs is 1. The monoisotopic (exact) mass is 467 g/mol. The van der Waals surface area contributed by atoms with Crippen molar-refractivity contribution in [3.05, 3.63) is 76.5 Å². The second kappa shape index (κ2) is 9.01. The van der Waals surface area contributed by atoms with Crippen LogP contribution in [0, 0.1) is 13.8 Å². The predicted molar refractivity (Wildman–Crippen MR) is 132 cm³/mol. The molecule has 2 heterocycles. The molecule has 4 aromatic rings. The fourth-order valence-corrected chi connectivity index (χ4v) is 4.51. The maximum Gasteiger partial charge on any atom is 0.250 e. The number of hydrogen-bond acceptors (Lipinski definition) is 5. The number of amides is 1. The number of benzene rings is 2. The van der Waals surface area contributed by atoms with Crippen molar-refractivity contribution in [1.82, 2.24) is 10.3 Å². The van der Waals surface area contributed by atoms with Gasteiger partial charge in [-0.2, -0.15) is 0 Å². The fraction of sp³-hybridized carbons (Fsp3) is 0.0870. The Bertz CT molecular complexity index is 1310. The van der Waals surface area contributed by atoms with Crippen LogP contribution in [0.1, 0.15) is 16.9 Å². The molecule has 0 aliphatic carbocycles. The highest BCUT2D eigenvalue weighted by Crippen LogP contribution is 2.29. The highest BCUT2D eigenvalue weighted by atomic mass is 35.5. The SMILES string of the molecule is Cc1cc(C)c2nc(NC(=S)NC(=O)/C=C/c3ccc(-c4ccc(Cl)cc4)o3)sc2c1. The summed E-state index contributed by atoms with van der Waals surface area (Å²) in [5, 5.41) is 7.08. The fourth-order valence-electron chi connectivity index (χ4n) is 3.08. The van der Waals surface area contributed by atoms with E-state index in [-0.39, 0.29) is 11.0 Å². The minimum absolute atomic E-state index is 0.185. The number of aryl methyl sites for hydroxylation is 2. The van der Waals surface area contributed by atoms with Gasteiger partial charge in [0.2, 0.25) is 5.91 Å². The molecule has 0 spiro atoms. The van der Waals surface area contributed by atoms with Gasteiger partial charge in [0.15, 0.2) is 10.2 Å². The van der Waals surface area contributed by atoms with Crippen molar-refractivity contribution < 1.29 is 9.21 Å². The first-order valence-electron chi connectivity index (χ1n) is 9.41. The average Bonchev–Trinajstić information content (AvgIpc) is 3.34. The van der Waals surface area contributed by atoms with Gasteiger partial charge in [-0.3, -0.25) is 10.1 Å². The normalized spacial score (nSPS) is 11.2. The summed E-state index contributed by atoms with van der Waals surface area (Å²) in [4.78, 5) is 16.8. The van der Waals surface area contributed by atoms with Crippen LogP contribution in [0.2, 0.25) is 5.02 Å². The zero-order valence-corrected chi connectivity index (χ0v) is 19.1. The molecule has 31 heavy (non-hydrogen) atoms. The molecule has 0 aliphatic rings. The van der Waals surface area contributed by atoms with E-state index in [0.29, 0.717) is 21.7 Å². The molecule has 0 atom stereocenters. The second-order valence-corrected chi connectivity index (χ2v) is 8.81. The number of nitrogens with one attached hydrogen (secondary N) is 2. The molecule has 8 heteroatoms. The molecule has 0 aliphatic heterocycles. The summed E-state index contributed by atoms with van der Waals surface area (Å²) in [5.41, 5.74) is 4.12. The van der Waals surface area contributed by atoms with E-state index in [2.05, 4.69) is 27.8 Å². The third kappa shape index (κ3) is 5.19. The smallest absolute Gasteiger partial charge is 0.250 e. The van der Waals surface area contributed by atoms with E-state index in [1.54, 1.807) is 24.3 Å². The van der Waals surface area contributed by atoms with Crippen LogP contribution in [0.15, 0.2) is 59.0 Å². The molecule has 0 saturated heterocycles. The molecule has 0 radical (unpaired) electrons. The maximum atomic E-state index is 12.2. The van der Waals surface area contributed by atoms with E-state index < -0.39 is 0 Å². The zero-order valence-electron chi connectivity index (χ0n) is 16.7. The van der Waals surface area contributed by atoms with Crippen LogP contribution in [0.4, 0.5) is 5.13 Å². The van der Waals surface area contributed by atoms with Crippen LogP contribution in [0.3, 0.4) is 0 Å². The van der Waals surface area contributed by atoms with Gasteiger partial charge in [-0.15, -0.1) is 0 Å². The summed E-state index contributed by atoms with van der Waals surface area (Å²) in [6.07, 6.45) is 2.95. The molecular weight excluding hydrogens is 450 g/mol. The lowest BCUT2D eigenvalue weighted by Crippen LogP contribution is -2.32. The van der Waals surface area contributed by atoms with Gasteiger partial charge in [0.05, 0.1) is 10.2 Å². The number of rotatable bonds is 4. The van der Waals surface area contributed by atoms with Crippen molar-refractivity contribution in [3.63, 3.8) is 0 Å². The number of halogens is 1. The number of thiocarbonyl (C=S) groups is 1. The number of furan rings is 1. The molecule has 156 valence electrons. The van der Waals surface area contributed by atoms with Crippen LogP contribution in [0.25, 0.3) is 27.6 Å². The Morgan fingerprint density at radius 1 is 1.16 bits per heavy atom. The van der Waals surface area contributed by atoms with Crippen LogP contribution >= 0.6 is 35.2 Å². The predicted octanol–water partition coefficient (Wildman–Crippen LogP) is 6.35. The Hall–Kier alpha value is -3.00. The lowest BCUT2D eigenvalue weighted by atomic mass is 10.1. The highest BCUT2D eigenvalue weighted by Gasteiger charge is 2.10. The topological polar surface area (TPSA) is 67.2 Å². The second-order valence-electron chi connectivity index (χ2n) is 6.93. The Labute approximate surface area is 193 Å². The first-order chi connectivity index (χ1) is 14.9. The molecule has 0 fully saturated rings. The van der Waals surface area contributed by atoms with Gasteiger partial charge in [0.25, 0.3) is 0 Å². The van der Waals surface area contributed by atoms with Crippen molar-refractivity contribution >= 4 is 67.6 Å².